The van der Waals surface area contributed by atoms with Crippen LogP contribution < -0.4 is 5.32 Å². The number of hydrogen-bond acceptors (Lipinski definition) is 13. The monoisotopic (exact) mass is 1430 g/mol. The number of carboxylic acid groups (broad SMARTS) is 4. The minimum absolute atomic E-state index is 0.196. The second kappa shape index (κ2) is 37.0. The van der Waals surface area contributed by atoms with Crippen LogP contribution in [-0.2, 0) is 51.9 Å². The normalized spacial score (nSPS) is 12.2. The lowest BCUT2D eigenvalue weighted by Gasteiger charge is -2.21. The van der Waals surface area contributed by atoms with Crippen molar-refractivity contribution in [2.24, 2.45) is 5.92 Å². The fraction of sp³-hybridized carbons (Fsp3) is 0.350. The first-order valence-electron chi connectivity index (χ1n) is 35.6. The van der Waals surface area contributed by atoms with Gasteiger partial charge in [-0.25, -0.2) is 28.0 Å². The van der Waals surface area contributed by atoms with Gasteiger partial charge < -0.3 is 25.7 Å². The second-order valence-corrected chi connectivity index (χ2v) is 26.6. The van der Waals surface area contributed by atoms with Gasteiger partial charge in [-0.3, -0.25) is 38.7 Å². The van der Waals surface area contributed by atoms with E-state index in [4.69, 9.17) is 26.9 Å². The molecule has 0 saturated heterocycles. The number of carboxylic acids is 4. The minimum atomic E-state index is -1.00. The summed E-state index contributed by atoms with van der Waals surface area (Å²) >= 11 is 6.20. The lowest BCUT2D eigenvalue weighted by Crippen LogP contribution is -2.11. The number of aromatic nitrogens is 12. The van der Waals surface area contributed by atoms with E-state index >= 15 is 0 Å². The van der Waals surface area contributed by atoms with Crippen LogP contribution in [0.3, 0.4) is 0 Å². The van der Waals surface area contributed by atoms with Crippen LogP contribution in [-0.4, -0.2) is 117 Å². The Balaban J connectivity index is 0.000000149. The number of aromatic carboxylic acids is 4. The lowest BCUT2D eigenvalue weighted by molar-refractivity contribution is 0.0684. The molecule has 8 aromatic heterocycles. The van der Waals surface area contributed by atoms with Gasteiger partial charge in [0.25, 0.3) is 0 Å². The summed E-state index contributed by atoms with van der Waals surface area (Å²) < 4.78 is 35.6. The molecular formula is C80H88ClF2N13O8. The molecule has 0 spiro atoms. The first-order valence-corrected chi connectivity index (χ1v) is 36.0. The van der Waals surface area contributed by atoms with Crippen molar-refractivity contribution in [2.45, 2.75) is 163 Å². The number of unbranched alkanes of at least 4 members (excludes halogenated alkanes) is 5. The van der Waals surface area contributed by atoms with Crippen LogP contribution in [0.1, 0.15) is 196 Å². The summed E-state index contributed by atoms with van der Waals surface area (Å²) in [4.78, 5) is 62.0. The highest BCUT2D eigenvalue weighted by Gasteiger charge is 2.23. The molecule has 4 aromatic carbocycles. The van der Waals surface area contributed by atoms with Gasteiger partial charge in [-0.15, -0.1) is 0 Å². The van der Waals surface area contributed by atoms with E-state index < -0.39 is 23.9 Å². The highest BCUT2D eigenvalue weighted by Crippen LogP contribution is 2.32. The number of nitrogens with one attached hydrogen (secondary N) is 1. The standard InChI is InChI=1S/C22H24FN3O2.C20H23ClN4O2.C20H22FN3O2.C18H19N3O2/c23-17-6-7-21-19(13-17)20(12-16-14-24-10-8-18(16)22(27)28)25-26(21)11-9-15-4-2-1-3-5-15;1-22-8-3-2-4-10-25-19-6-5-15(21)12-17(19)18(24-25)11-14-13-23-9-7-16(14)20(26)27;1-2-3-4-5-10-24-19-7-6-15(21)12-17(19)18(23-24)11-14-13-22-9-8-16(14)20(25)26;1-3-9-21-17-12(2)5-4-6-15(17)16(20-21)10-13-11-19-8-7-14(13)18(22)23/h6-8,10,13-15H,1-5,9,11-12H2,(H,27,28);5-7,9,12-13,22H,2-4,8,10-11H2,1H3,(H,26,27);6-9,12-13H,2-5,10-11H2,1H3,(H,25,26);4-8,11H,3,9-10H2,1-2H3,(H,22,23). The number of halogens is 3. The summed E-state index contributed by atoms with van der Waals surface area (Å²) in [7, 11) is 1.96. The Morgan fingerprint density at radius 1 is 0.471 bits per heavy atom. The third-order valence-electron chi connectivity index (χ3n) is 18.8. The molecule has 1 fully saturated rings. The van der Waals surface area contributed by atoms with Gasteiger partial charge in [-0.2, -0.15) is 20.4 Å². The van der Waals surface area contributed by atoms with E-state index in [1.54, 1.807) is 30.7 Å². The number of pyridine rings is 4. The molecule has 0 radical (unpaired) electrons. The SMILES string of the molecule is CCCCCCn1nc(Cc2cnccc2C(=O)O)c2cc(F)ccc21.CCCn1nc(Cc2cnccc2C(=O)O)c2cccc(C)c21.CNCCCCCn1nc(Cc2cnccc2C(=O)O)c2cc(Cl)ccc21.O=C(O)c1ccncc1Cc1nn(CCC2CCCCC2)c2ccc(F)cc12. The second-order valence-electron chi connectivity index (χ2n) is 26.2. The molecule has 1 aliphatic rings. The predicted octanol–water partition coefficient (Wildman–Crippen LogP) is 16.5. The van der Waals surface area contributed by atoms with Crippen LogP contribution >= 0.6 is 11.6 Å². The zero-order valence-electron chi connectivity index (χ0n) is 59.1. The average molecular weight is 1430 g/mol. The molecule has 1 aliphatic carbocycles. The van der Waals surface area contributed by atoms with E-state index in [1.165, 1.54) is 124 Å². The fourth-order valence-corrected chi connectivity index (χ4v) is 13.8. The number of hydrogen-bond donors (Lipinski definition) is 5. The predicted molar refractivity (Wildman–Crippen MR) is 398 cm³/mol. The molecule has 0 bridgehead atoms. The van der Waals surface area contributed by atoms with Crippen molar-refractivity contribution in [1.82, 2.24) is 64.4 Å². The Labute approximate surface area is 607 Å². The highest BCUT2D eigenvalue weighted by molar-refractivity contribution is 6.31. The number of benzene rings is 4. The lowest BCUT2D eigenvalue weighted by atomic mass is 9.87. The van der Waals surface area contributed by atoms with Crippen LogP contribution in [0.25, 0.3) is 43.6 Å². The number of aryl methyl sites for hydroxylation is 5. The molecule has 0 unspecified atom stereocenters. The molecule has 1 saturated carbocycles. The van der Waals surface area contributed by atoms with E-state index in [-0.39, 0.29) is 33.9 Å². The zero-order valence-corrected chi connectivity index (χ0v) is 59.9. The van der Waals surface area contributed by atoms with Crippen molar-refractivity contribution in [1.29, 1.82) is 0 Å². The number of para-hydroxylation sites is 1. The summed E-state index contributed by atoms with van der Waals surface area (Å²) in [6, 6.07) is 27.2. The van der Waals surface area contributed by atoms with Gasteiger partial charge in [0.1, 0.15) is 11.6 Å². The molecule has 21 nitrogen and oxygen atoms in total. The zero-order chi connectivity index (χ0) is 73.7. The Bertz CT molecular complexity index is 4950. The molecule has 5 N–H and O–H groups in total. The van der Waals surface area contributed by atoms with Crippen LogP contribution in [0, 0.1) is 24.5 Å². The minimum Gasteiger partial charge on any atom is -0.478 e. The van der Waals surface area contributed by atoms with Gasteiger partial charge in [0.05, 0.1) is 67.1 Å². The quantitative estimate of drug-likeness (QED) is 0.0285. The third kappa shape index (κ3) is 19.5. The third-order valence-corrected chi connectivity index (χ3v) is 19.0. The molecule has 0 amide bonds. The van der Waals surface area contributed by atoms with Crippen molar-refractivity contribution < 1.29 is 48.4 Å². The molecule has 0 atom stereocenters. The Morgan fingerprint density at radius 2 is 0.885 bits per heavy atom. The topological polar surface area (TPSA) is 284 Å². The number of carbonyl (C=O) groups is 4. The van der Waals surface area contributed by atoms with Crippen molar-refractivity contribution in [3.8, 4) is 0 Å². The van der Waals surface area contributed by atoms with E-state index in [0.29, 0.717) is 64.3 Å². The number of nitrogens with zero attached hydrogens (tertiary/aromatic N) is 12. The molecule has 542 valence electrons. The van der Waals surface area contributed by atoms with Crippen molar-refractivity contribution >= 4 is 79.1 Å². The van der Waals surface area contributed by atoms with Crippen molar-refractivity contribution in [3.63, 3.8) is 0 Å². The molecule has 0 aliphatic heterocycles. The molecule has 8 heterocycles. The largest absolute Gasteiger partial charge is 0.478 e. The summed E-state index contributed by atoms with van der Waals surface area (Å²) in [6.45, 7) is 10.6. The molecule has 24 heteroatoms. The fourth-order valence-electron chi connectivity index (χ4n) is 13.6. The van der Waals surface area contributed by atoms with Crippen molar-refractivity contribution in [2.75, 3.05) is 13.6 Å². The Hall–Kier alpha value is -10.7. The van der Waals surface area contributed by atoms with Gasteiger partial charge in [-0.1, -0.05) is 101 Å². The highest BCUT2D eigenvalue weighted by atomic mass is 35.5. The van der Waals surface area contributed by atoms with Gasteiger partial charge in [0.15, 0.2) is 0 Å². The number of fused-ring (bicyclic) bond motifs is 4. The Morgan fingerprint density at radius 3 is 1.32 bits per heavy atom. The van der Waals surface area contributed by atoms with Gasteiger partial charge in [-0.05, 0) is 165 Å². The maximum Gasteiger partial charge on any atom is 0.336 e. The van der Waals surface area contributed by atoms with E-state index in [0.717, 1.165) is 145 Å². The summed E-state index contributed by atoms with van der Waals surface area (Å²) in [5.74, 6) is -3.80. The average Bonchev–Trinajstić information content (AvgIpc) is 1.65. The Kier molecular flexibility index (Phi) is 27.0. The summed E-state index contributed by atoms with van der Waals surface area (Å²) in [5, 5.41) is 63.7. The van der Waals surface area contributed by atoms with Crippen molar-refractivity contribution in [3.05, 3.63) is 236 Å². The maximum absolute atomic E-state index is 13.9. The summed E-state index contributed by atoms with van der Waals surface area (Å²) in [6.07, 6.45) is 30.0. The molecule has 104 heavy (non-hydrogen) atoms. The van der Waals surface area contributed by atoms with Gasteiger partial charge in [0, 0.05) is 128 Å². The molecule has 12 aromatic rings. The van der Waals surface area contributed by atoms with Crippen LogP contribution in [0.5, 0.6) is 0 Å². The maximum atomic E-state index is 13.9. The van der Waals surface area contributed by atoms with E-state index in [1.807, 2.05) is 56.1 Å². The first-order chi connectivity index (χ1) is 50.4. The smallest absolute Gasteiger partial charge is 0.336 e. The van der Waals surface area contributed by atoms with Gasteiger partial charge >= 0.3 is 23.9 Å². The van der Waals surface area contributed by atoms with Crippen LogP contribution in [0.2, 0.25) is 5.02 Å². The number of rotatable bonds is 28. The summed E-state index contributed by atoms with van der Waals surface area (Å²) in [5.41, 5.74) is 11.6. The first kappa shape index (κ1) is 76.0. The molecular weight excluding hydrogens is 1340 g/mol. The van der Waals surface area contributed by atoms with Gasteiger partial charge in [0.2, 0.25) is 0 Å². The van der Waals surface area contributed by atoms with Crippen LogP contribution in [0.15, 0.2) is 147 Å². The molecule has 13 rings (SSSR count). The van der Waals surface area contributed by atoms with Crippen LogP contribution in [0.4, 0.5) is 8.78 Å². The van der Waals surface area contributed by atoms with E-state index in [2.05, 4.69) is 57.2 Å². The van der Waals surface area contributed by atoms with E-state index in [9.17, 15) is 48.4 Å².